The van der Waals surface area contributed by atoms with Gasteiger partial charge in [-0.1, -0.05) is 38.1 Å². The van der Waals surface area contributed by atoms with Crippen LogP contribution in [0.5, 0.6) is 0 Å². The molecule has 0 aliphatic heterocycles. The van der Waals surface area contributed by atoms with Gasteiger partial charge in [0, 0.05) is 11.9 Å². The van der Waals surface area contributed by atoms with Gasteiger partial charge < -0.3 is 5.32 Å². The largest absolute Gasteiger partial charge is 0.326 e. The van der Waals surface area contributed by atoms with E-state index < -0.39 is 9.84 Å². The van der Waals surface area contributed by atoms with Crippen molar-refractivity contribution in [3.63, 3.8) is 0 Å². The minimum atomic E-state index is -3.21. The molecule has 0 unspecified atom stereocenters. The van der Waals surface area contributed by atoms with Crippen molar-refractivity contribution in [1.29, 1.82) is 0 Å². The molecule has 0 aliphatic rings. The Morgan fingerprint density at radius 1 is 1.00 bits per heavy atom. The highest BCUT2D eigenvalue weighted by molar-refractivity contribution is 7.90. The fraction of sp³-hybridized carbons (Fsp3) is 0.278. The fourth-order valence-corrected chi connectivity index (χ4v) is 2.83. The first kappa shape index (κ1) is 17.2. The van der Waals surface area contributed by atoms with Crippen LogP contribution in [0.4, 0.5) is 5.69 Å². The molecular weight excluding hydrogens is 310 g/mol. The van der Waals surface area contributed by atoms with Crippen molar-refractivity contribution >= 4 is 21.4 Å². The Hall–Kier alpha value is -2.14. The summed E-state index contributed by atoms with van der Waals surface area (Å²) in [6.45, 7) is 4.24. The summed E-state index contributed by atoms with van der Waals surface area (Å²) in [6.07, 6.45) is 1.37. The number of carbonyl (C=O) groups is 1. The van der Waals surface area contributed by atoms with Crippen LogP contribution in [0.3, 0.4) is 0 Å². The summed E-state index contributed by atoms with van der Waals surface area (Å²) in [5.74, 6) is 0.322. The van der Waals surface area contributed by atoms with E-state index in [1.165, 1.54) is 17.7 Å². The molecule has 1 amide bonds. The predicted octanol–water partition coefficient (Wildman–Crippen LogP) is 3.39. The van der Waals surface area contributed by atoms with Gasteiger partial charge in [0.2, 0.25) is 5.91 Å². The van der Waals surface area contributed by atoms with Gasteiger partial charge in [0.25, 0.3) is 0 Å². The van der Waals surface area contributed by atoms with E-state index in [4.69, 9.17) is 0 Å². The van der Waals surface area contributed by atoms with Gasteiger partial charge >= 0.3 is 0 Å². The highest BCUT2D eigenvalue weighted by Crippen LogP contribution is 2.17. The van der Waals surface area contributed by atoms with Crippen LogP contribution < -0.4 is 5.32 Å². The number of nitrogens with one attached hydrogen (secondary N) is 1. The fourth-order valence-electron chi connectivity index (χ4n) is 2.20. The summed E-state index contributed by atoms with van der Waals surface area (Å²) in [5, 5.41) is 2.84. The second-order valence-electron chi connectivity index (χ2n) is 5.92. The first-order valence-electron chi connectivity index (χ1n) is 7.44. The molecule has 1 N–H and O–H groups in total. The van der Waals surface area contributed by atoms with E-state index in [-0.39, 0.29) is 17.2 Å². The van der Waals surface area contributed by atoms with E-state index in [1.807, 2.05) is 24.3 Å². The van der Waals surface area contributed by atoms with Gasteiger partial charge in [-0.25, -0.2) is 8.42 Å². The summed E-state index contributed by atoms with van der Waals surface area (Å²) < 4.78 is 22.8. The summed E-state index contributed by atoms with van der Waals surface area (Å²) >= 11 is 0. The summed E-state index contributed by atoms with van der Waals surface area (Å²) in [5.41, 5.74) is 2.75. The van der Waals surface area contributed by atoms with Crippen molar-refractivity contribution in [2.24, 2.45) is 0 Å². The molecule has 23 heavy (non-hydrogen) atoms. The zero-order valence-electron chi connectivity index (χ0n) is 13.5. The second-order valence-corrected chi connectivity index (χ2v) is 7.93. The molecular formula is C18H21NO3S. The average molecular weight is 331 g/mol. The van der Waals surface area contributed by atoms with Crippen molar-refractivity contribution in [1.82, 2.24) is 0 Å². The molecule has 2 aromatic rings. The van der Waals surface area contributed by atoms with E-state index in [0.717, 1.165) is 17.5 Å². The third-order valence-corrected chi connectivity index (χ3v) is 4.71. The van der Waals surface area contributed by atoms with Gasteiger partial charge in [-0.15, -0.1) is 0 Å². The van der Waals surface area contributed by atoms with Crippen molar-refractivity contribution < 1.29 is 13.2 Å². The Bertz CT molecular complexity index is 776. The summed E-state index contributed by atoms with van der Waals surface area (Å²) in [6, 6.07) is 14.2. The number of amides is 1. The maximum absolute atomic E-state index is 12.1. The Morgan fingerprint density at radius 3 is 2.04 bits per heavy atom. The highest BCUT2D eigenvalue weighted by Gasteiger charge is 2.08. The molecule has 0 heterocycles. The van der Waals surface area contributed by atoms with Gasteiger partial charge in [-0.05, 0) is 41.3 Å². The maximum atomic E-state index is 12.1. The second kappa shape index (κ2) is 6.96. The van der Waals surface area contributed by atoms with Crippen molar-refractivity contribution in [2.45, 2.75) is 31.1 Å². The van der Waals surface area contributed by atoms with Gasteiger partial charge in [0.05, 0.1) is 11.3 Å². The van der Waals surface area contributed by atoms with Gasteiger partial charge in [-0.2, -0.15) is 0 Å². The lowest BCUT2D eigenvalue weighted by Gasteiger charge is -2.09. The molecule has 0 fully saturated rings. The first-order chi connectivity index (χ1) is 10.8. The Balaban J connectivity index is 1.99. The molecule has 122 valence electrons. The topological polar surface area (TPSA) is 63.2 Å². The van der Waals surface area contributed by atoms with Crippen LogP contribution in [0.2, 0.25) is 0 Å². The number of hydrogen-bond donors (Lipinski definition) is 1. The maximum Gasteiger partial charge on any atom is 0.228 e. The van der Waals surface area contributed by atoms with E-state index in [0.29, 0.717) is 5.92 Å². The van der Waals surface area contributed by atoms with Crippen LogP contribution in [-0.2, 0) is 21.1 Å². The number of hydrogen-bond acceptors (Lipinski definition) is 3. The van der Waals surface area contributed by atoms with Crippen molar-refractivity contribution in [3.05, 3.63) is 59.7 Å². The lowest BCUT2D eigenvalue weighted by Crippen LogP contribution is -2.14. The molecule has 0 bridgehead atoms. The van der Waals surface area contributed by atoms with Crippen LogP contribution in [0, 0.1) is 0 Å². The molecule has 2 rings (SSSR count). The van der Waals surface area contributed by atoms with Crippen LogP contribution in [0.15, 0.2) is 53.4 Å². The number of anilines is 1. The van der Waals surface area contributed by atoms with E-state index >= 15 is 0 Å². The number of benzene rings is 2. The number of sulfone groups is 1. The molecule has 5 heteroatoms. The normalized spacial score (nSPS) is 11.5. The van der Waals surface area contributed by atoms with E-state index in [2.05, 4.69) is 19.2 Å². The minimum absolute atomic E-state index is 0.130. The third kappa shape index (κ3) is 4.93. The molecule has 0 aliphatic carbocycles. The zero-order valence-corrected chi connectivity index (χ0v) is 14.4. The standard InChI is InChI=1S/C18H21NO3S/c1-13(2)15-6-8-16(9-7-15)19-18(20)12-14-4-10-17(11-5-14)23(3,21)22/h4-11,13H,12H2,1-3H3,(H,19,20). The molecule has 0 radical (unpaired) electrons. The van der Waals surface area contributed by atoms with Crippen LogP contribution >= 0.6 is 0 Å². The van der Waals surface area contributed by atoms with Crippen LogP contribution in [-0.4, -0.2) is 20.6 Å². The molecule has 2 aromatic carbocycles. The molecule has 0 spiro atoms. The molecule has 0 atom stereocenters. The average Bonchev–Trinajstić information content (AvgIpc) is 2.47. The highest BCUT2D eigenvalue weighted by atomic mass is 32.2. The molecule has 0 saturated heterocycles. The van der Waals surface area contributed by atoms with Crippen LogP contribution in [0.25, 0.3) is 0 Å². The predicted molar refractivity (Wildman–Crippen MR) is 92.4 cm³/mol. The Kier molecular flexibility index (Phi) is 5.21. The van der Waals surface area contributed by atoms with Gasteiger partial charge in [0.1, 0.15) is 0 Å². The Morgan fingerprint density at radius 2 is 1.57 bits per heavy atom. The number of carbonyl (C=O) groups excluding carboxylic acids is 1. The Labute approximate surface area is 137 Å². The van der Waals surface area contributed by atoms with Crippen molar-refractivity contribution in [3.8, 4) is 0 Å². The lowest BCUT2D eigenvalue weighted by molar-refractivity contribution is -0.115. The monoisotopic (exact) mass is 331 g/mol. The SMILES string of the molecule is CC(C)c1ccc(NC(=O)Cc2ccc(S(C)(=O)=O)cc2)cc1. The minimum Gasteiger partial charge on any atom is -0.326 e. The van der Waals surface area contributed by atoms with Gasteiger partial charge in [-0.3, -0.25) is 4.79 Å². The summed E-state index contributed by atoms with van der Waals surface area (Å²) in [4.78, 5) is 12.3. The van der Waals surface area contributed by atoms with Crippen LogP contribution in [0.1, 0.15) is 30.9 Å². The molecule has 0 saturated carbocycles. The van der Waals surface area contributed by atoms with Gasteiger partial charge in [0.15, 0.2) is 9.84 Å². The smallest absolute Gasteiger partial charge is 0.228 e. The lowest BCUT2D eigenvalue weighted by atomic mass is 10.0. The van der Waals surface area contributed by atoms with Crippen molar-refractivity contribution in [2.75, 3.05) is 11.6 Å². The quantitative estimate of drug-likeness (QED) is 0.913. The number of rotatable bonds is 5. The zero-order chi connectivity index (χ0) is 17.0. The summed E-state index contributed by atoms with van der Waals surface area (Å²) in [7, 11) is -3.21. The first-order valence-corrected chi connectivity index (χ1v) is 9.33. The molecule has 4 nitrogen and oxygen atoms in total. The van der Waals surface area contributed by atoms with E-state index in [9.17, 15) is 13.2 Å². The third-order valence-electron chi connectivity index (χ3n) is 3.58. The molecule has 0 aromatic heterocycles. The van der Waals surface area contributed by atoms with E-state index in [1.54, 1.807) is 12.1 Å².